The molecule has 0 aromatic heterocycles. The summed E-state index contributed by atoms with van der Waals surface area (Å²) in [5.41, 5.74) is 2.26. The van der Waals surface area contributed by atoms with Crippen molar-refractivity contribution in [3.63, 3.8) is 0 Å². The van der Waals surface area contributed by atoms with E-state index < -0.39 is 6.10 Å². The van der Waals surface area contributed by atoms with Gasteiger partial charge in [-0.25, -0.2) is 0 Å². The second kappa shape index (κ2) is 8.31. The van der Waals surface area contributed by atoms with E-state index in [1.54, 1.807) is 0 Å². The van der Waals surface area contributed by atoms with Crippen molar-refractivity contribution < 1.29 is 9.84 Å². The molecule has 0 heterocycles. The third-order valence-electron chi connectivity index (χ3n) is 3.21. The Kier molecular flexibility index (Phi) is 7.06. The van der Waals surface area contributed by atoms with Crippen LogP contribution in [0.5, 0.6) is 0 Å². The zero-order chi connectivity index (χ0) is 14.3. The maximum atomic E-state index is 10.1. The van der Waals surface area contributed by atoms with Crippen LogP contribution in [-0.2, 0) is 4.74 Å². The van der Waals surface area contributed by atoms with Gasteiger partial charge in [-0.05, 0) is 30.9 Å². The predicted octanol–water partition coefficient (Wildman–Crippen LogP) is 2.86. The third kappa shape index (κ3) is 5.72. The number of rotatable bonds is 8. The second-order valence-electron chi connectivity index (χ2n) is 5.26. The van der Waals surface area contributed by atoms with Crippen LogP contribution in [0.25, 0.3) is 0 Å². The van der Waals surface area contributed by atoms with Crippen LogP contribution in [0.3, 0.4) is 0 Å². The van der Waals surface area contributed by atoms with E-state index in [9.17, 15) is 5.11 Å². The minimum absolute atomic E-state index is 0.181. The predicted molar refractivity (Wildman–Crippen MR) is 79.4 cm³/mol. The van der Waals surface area contributed by atoms with Crippen molar-refractivity contribution in [3.05, 3.63) is 35.4 Å². The van der Waals surface area contributed by atoms with Crippen LogP contribution in [0.15, 0.2) is 24.3 Å². The topological polar surface area (TPSA) is 41.5 Å². The van der Waals surface area contributed by atoms with Crippen molar-refractivity contribution in [2.45, 2.75) is 45.8 Å². The van der Waals surface area contributed by atoms with Crippen molar-refractivity contribution in [3.8, 4) is 0 Å². The number of hydrogen-bond donors (Lipinski definition) is 2. The highest BCUT2D eigenvalue weighted by Crippen LogP contribution is 2.18. The Morgan fingerprint density at radius 1 is 1.05 bits per heavy atom. The minimum Gasteiger partial charge on any atom is -0.387 e. The van der Waals surface area contributed by atoms with Gasteiger partial charge in [-0.2, -0.15) is 0 Å². The molecule has 0 spiro atoms. The Labute approximate surface area is 117 Å². The van der Waals surface area contributed by atoms with Crippen molar-refractivity contribution in [1.82, 2.24) is 5.32 Å². The fourth-order valence-corrected chi connectivity index (χ4v) is 1.99. The molecule has 0 aliphatic carbocycles. The number of aliphatic hydroxyl groups excluding tert-OH is 1. The standard InChI is InChI=1S/C16H27NO2/c1-5-19-13(4)10-17-11-16(18)15-8-6-14(7-9-15)12(2)3/h6-9,12-13,16-18H,5,10-11H2,1-4H3. The molecule has 2 atom stereocenters. The zero-order valence-corrected chi connectivity index (χ0v) is 12.5. The number of hydrogen-bond acceptors (Lipinski definition) is 3. The zero-order valence-electron chi connectivity index (χ0n) is 12.5. The van der Waals surface area contributed by atoms with E-state index in [1.807, 2.05) is 26.0 Å². The van der Waals surface area contributed by atoms with Crippen molar-refractivity contribution in [1.29, 1.82) is 0 Å². The second-order valence-corrected chi connectivity index (χ2v) is 5.26. The summed E-state index contributed by atoms with van der Waals surface area (Å²) in [6.45, 7) is 10.4. The van der Waals surface area contributed by atoms with Gasteiger partial charge in [0.2, 0.25) is 0 Å². The van der Waals surface area contributed by atoms with Gasteiger partial charge in [0.1, 0.15) is 0 Å². The summed E-state index contributed by atoms with van der Waals surface area (Å²) in [5.74, 6) is 0.524. The van der Waals surface area contributed by atoms with Gasteiger partial charge in [0.15, 0.2) is 0 Å². The van der Waals surface area contributed by atoms with Crippen LogP contribution >= 0.6 is 0 Å². The van der Waals surface area contributed by atoms with E-state index in [2.05, 4.69) is 31.3 Å². The molecule has 0 saturated carbocycles. The summed E-state index contributed by atoms with van der Waals surface area (Å²) in [4.78, 5) is 0. The summed E-state index contributed by atoms with van der Waals surface area (Å²) < 4.78 is 5.43. The van der Waals surface area contributed by atoms with Gasteiger partial charge < -0.3 is 15.2 Å². The van der Waals surface area contributed by atoms with Crippen molar-refractivity contribution in [2.75, 3.05) is 19.7 Å². The summed E-state index contributed by atoms with van der Waals surface area (Å²) in [5, 5.41) is 13.3. The summed E-state index contributed by atoms with van der Waals surface area (Å²) >= 11 is 0. The van der Waals surface area contributed by atoms with E-state index in [0.717, 1.165) is 18.7 Å². The Hall–Kier alpha value is -0.900. The number of nitrogens with one attached hydrogen (secondary N) is 1. The van der Waals surface area contributed by atoms with Crippen molar-refractivity contribution in [2.24, 2.45) is 0 Å². The maximum absolute atomic E-state index is 10.1. The smallest absolute Gasteiger partial charge is 0.0914 e. The average molecular weight is 265 g/mol. The molecule has 1 aromatic rings. The molecular weight excluding hydrogens is 238 g/mol. The van der Waals surface area contributed by atoms with Crippen LogP contribution in [0.2, 0.25) is 0 Å². The molecule has 3 nitrogen and oxygen atoms in total. The third-order valence-corrected chi connectivity index (χ3v) is 3.21. The summed E-state index contributed by atoms with van der Waals surface area (Å²) in [6.07, 6.45) is -0.282. The quantitative estimate of drug-likeness (QED) is 0.759. The van der Waals surface area contributed by atoms with Crippen molar-refractivity contribution >= 4 is 0 Å². The highest BCUT2D eigenvalue weighted by Gasteiger charge is 2.08. The van der Waals surface area contributed by atoms with Crippen LogP contribution < -0.4 is 5.32 Å². The lowest BCUT2D eigenvalue weighted by atomic mass is 10.00. The first-order chi connectivity index (χ1) is 9.04. The molecule has 2 N–H and O–H groups in total. The first-order valence-corrected chi connectivity index (χ1v) is 7.14. The molecular formula is C16H27NO2. The lowest BCUT2D eigenvalue weighted by Crippen LogP contribution is -2.30. The highest BCUT2D eigenvalue weighted by atomic mass is 16.5. The Bertz CT molecular complexity index is 348. The Balaban J connectivity index is 2.38. The van der Waals surface area contributed by atoms with Crippen LogP contribution in [0.1, 0.15) is 50.8 Å². The van der Waals surface area contributed by atoms with Gasteiger partial charge >= 0.3 is 0 Å². The van der Waals surface area contributed by atoms with Gasteiger partial charge in [-0.15, -0.1) is 0 Å². The number of ether oxygens (including phenoxy) is 1. The van der Waals surface area contributed by atoms with Gasteiger partial charge in [0.25, 0.3) is 0 Å². The molecule has 2 unspecified atom stereocenters. The molecule has 0 aliphatic heterocycles. The molecule has 0 amide bonds. The molecule has 3 heteroatoms. The molecule has 0 radical (unpaired) electrons. The normalized spacial score (nSPS) is 14.6. The lowest BCUT2D eigenvalue weighted by Gasteiger charge is -2.16. The molecule has 1 aromatic carbocycles. The molecule has 0 aliphatic rings. The van der Waals surface area contributed by atoms with E-state index in [0.29, 0.717) is 12.5 Å². The summed E-state index contributed by atoms with van der Waals surface area (Å²) in [6, 6.07) is 8.19. The average Bonchev–Trinajstić information content (AvgIpc) is 2.39. The highest BCUT2D eigenvalue weighted by molar-refractivity contribution is 5.26. The van der Waals surface area contributed by atoms with Gasteiger partial charge in [0.05, 0.1) is 12.2 Å². The molecule has 108 valence electrons. The molecule has 19 heavy (non-hydrogen) atoms. The molecule has 0 saturated heterocycles. The van der Waals surface area contributed by atoms with Gasteiger partial charge in [-0.3, -0.25) is 0 Å². The molecule has 0 fully saturated rings. The van der Waals surface area contributed by atoms with Crippen LogP contribution in [0.4, 0.5) is 0 Å². The SMILES string of the molecule is CCOC(C)CNCC(O)c1ccc(C(C)C)cc1. The fraction of sp³-hybridized carbons (Fsp3) is 0.625. The number of benzene rings is 1. The molecule has 1 rings (SSSR count). The van der Waals surface area contributed by atoms with E-state index >= 15 is 0 Å². The van der Waals surface area contributed by atoms with Gasteiger partial charge in [-0.1, -0.05) is 38.1 Å². The molecule has 0 bridgehead atoms. The Morgan fingerprint density at radius 2 is 1.63 bits per heavy atom. The van der Waals surface area contributed by atoms with E-state index in [4.69, 9.17) is 4.74 Å². The Morgan fingerprint density at radius 3 is 2.16 bits per heavy atom. The number of aliphatic hydroxyl groups is 1. The fourth-order valence-electron chi connectivity index (χ4n) is 1.99. The van der Waals surface area contributed by atoms with E-state index in [1.165, 1.54) is 5.56 Å². The first kappa shape index (κ1) is 16.2. The van der Waals surface area contributed by atoms with Crippen LogP contribution in [0, 0.1) is 0 Å². The monoisotopic (exact) mass is 265 g/mol. The van der Waals surface area contributed by atoms with Gasteiger partial charge in [0, 0.05) is 19.7 Å². The van der Waals surface area contributed by atoms with E-state index in [-0.39, 0.29) is 6.10 Å². The lowest BCUT2D eigenvalue weighted by molar-refractivity contribution is 0.0723. The minimum atomic E-state index is -0.463. The first-order valence-electron chi connectivity index (χ1n) is 7.14. The van der Waals surface area contributed by atoms with Crippen LogP contribution in [-0.4, -0.2) is 30.9 Å². The largest absolute Gasteiger partial charge is 0.387 e. The summed E-state index contributed by atoms with van der Waals surface area (Å²) in [7, 11) is 0. The maximum Gasteiger partial charge on any atom is 0.0914 e.